The molecular weight excluding hydrogens is 314 g/mol. The SMILES string of the molecule is CC(=O)NC1CCN(c2cnc(C3CCNCC3)cn2)CC1.Cl. The van der Waals surface area contributed by atoms with Crippen LogP contribution in [0.4, 0.5) is 5.82 Å². The number of rotatable bonds is 3. The topological polar surface area (TPSA) is 70.2 Å². The van der Waals surface area contributed by atoms with E-state index < -0.39 is 0 Å². The Kier molecular flexibility index (Phi) is 6.59. The summed E-state index contributed by atoms with van der Waals surface area (Å²) in [7, 11) is 0. The number of amides is 1. The number of nitrogens with zero attached hydrogens (tertiary/aromatic N) is 3. The summed E-state index contributed by atoms with van der Waals surface area (Å²) < 4.78 is 0. The number of halogens is 1. The van der Waals surface area contributed by atoms with Gasteiger partial charge in [0.15, 0.2) is 0 Å². The van der Waals surface area contributed by atoms with Crippen molar-refractivity contribution in [3.63, 3.8) is 0 Å². The summed E-state index contributed by atoms with van der Waals surface area (Å²) in [4.78, 5) is 22.6. The highest BCUT2D eigenvalue weighted by atomic mass is 35.5. The van der Waals surface area contributed by atoms with Crippen molar-refractivity contribution in [2.75, 3.05) is 31.1 Å². The first-order valence-corrected chi connectivity index (χ1v) is 8.27. The quantitative estimate of drug-likeness (QED) is 0.872. The van der Waals surface area contributed by atoms with Gasteiger partial charge < -0.3 is 15.5 Å². The van der Waals surface area contributed by atoms with E-state index in [2.05, 4.69) is 25.5 Å². The lowest BCUT2D eigenvalue weighted by Crippen LogP contribution is -2.44. The van der Waals surface area contributed by atoms with E-state index in [0.717, 1.165) is 63.4 Å². The Hall–Kier alpha value is -1.40. The minimum absolute atomic E-state index is 0. The molecule has 2 N–H and O–H groups in total. The lowest BCUT2D eigenvalue weighted by Gasteiger charge is -2.33. The average Bonchev–Trinajstić information content (AvgIpc) is 2.56. The van der Waals surface area contributed by atoms with Crippen LogP contribution in [0.2, 0.25) is 0 Å². The maximum absolute atomic E-state index is 11.1. The molecule has 23 heavy (non-hydrogen) atoms. The third-order valence-electron chi connectivity index (χ3n) is 4.64. The van der Waals surface area contributed by atoms with Gasteiger partial charge in [0.2, 0.25) is 5.91 Å². The van der Waals surface area contributed by atoms with Crippen LogP contribution in [0.25, 0.3) is 0 Å². The van der Waals surface area contributed by atoms with E-state index in [1.165, 1.54) is 0 Å². The Labute approximate surface area is 143 Å². The van der Waals surface area contributed by atoms with Gasteiger partial charge in [0.1, 0.15) is 5.82 Å². The minimum atomic E-state index is 0. The fraction of sp³-hybridized carbons (Fsp3) is 0.688. The van der Waals surface area contributed by atoms with Gasteiger partial charge in [-0.15, -0.1) is 12.4 Å². The molecule has 0 aromatic carbocycles. The summed E-state index contributed by atoms with van der Waals surface area (Å²) in [5.41, 5.74) is 1.12. The van der Waals surface area contributed by atoms with Crippen molar-refractivity contribution in [3.8, 4) is 0 Å². The summed E-state index contributed by atoms with van der Waals surface area (Å²) >= 11 is 0. The molecule has 2 fully saturated rings. The summed E-state index contributed by atoms with van der Waals surface area (Å²) in [5.74, 6) is 1.57. The monoisotopic (exact) mass is 339 g/mol. The van der Waals surface area contributed by atoms with E-state index >= 15 is 0 Å². The van der Waals surface area contributed by atoms with Crippen molar-refractivity contribution < 1.29 is 4.79 Å². The molecule has 1 aromatic rings. The number of piperidine rings is 2. The average molecular weight is 340 g/mol. The maximum Gasteiger partial charge on any atom is 0.217 e. The molecular formula is C16H26ClN5O. The van der Waals surface area contributed by atoms with Crippen LogP contribution in [0.15, 0.2) is 12.4 Å². The number of carbonyl (C=O) groups is 1. The molecule has 128 valence electrons. The van der Waals surface area contributed by atoms with Gasteiger partial charge in [-0.05, 0) is 38.8 Å². The summed E-state index contributed by atoms with van der Waals surface area (Å²) in [5, 5.41) is 6.38. The Morgan fingerprint density at radius 3 is 2.43 bits per heavy atom. The van der Waals surface area contributed by atoms with Crippen LogP contribution in [-0.4, -0.2) is 48.1 Å². The van der Waals surface area contributed by atoms with E-state index in [0.29, 0.717) is 12.0 Å². The number of carbonyl (C=O) groups excluding carboxylic acids is 1. The van der Waals surface area contributed by atoms with E-state index in [4.69, 9.17) is 0 Å². The molecule has 2 aliphatic rings. The van der Waals surface area contributed by atoms with Gasteiger partial charge in [-0.3, -0.25) is 9.78 Å². The number of anilines is 1. The standard InChI is InChI=1S/C16H25N5O.ClH/c1-12(22)20-14-4-8-21(9-5-14)16-11-18-15(10-19-16)13-2-6-17-7-3-13;/h10-11,13-14,17H,2-9H2,1H3,(H,20,22);1H. The maximum atomic E-state index is 11.1. The second-order valence-corrected chi connectivity index (χ2v) is 6.29. The van der Waals surface area contributed by atoms with E-state index in [1.54, 1.807) is 6.92 Å². The van der Waals surface area contributed by atoms with Gasteiger partial charge >= 0.3 is 0 Å². The fourth-order valence-electron chi connectivity index (χ4n) is 3.36. The normalized spacial score (nSPS) is 20.0. The molecule has 7 heteroatoms. The third-order valence-corrected chi connectivity index (χ3v) is 4.64. The molecule has 3 rings (SSSR count). The van der Waals surface area contributed by atoms with E-state index in [-0.39, 0.29) is 18.3 Å². The van der Waals surface area contributed by atoms with Crippen molar-refractivity contribution in [2.24, 2.45) is 0 Å². The largest absolute Gasteiger partial charge is 0.355 e. The second kappa shape index (κ2) is 8.45. The number of hydrogen-bond acceptors (Lipinski definition) is 5. The van der Waals surface area contributed by atoms with Crippen molar-refractivity contribution in [3.05, 3.63) is 18.1 Å². The fourth-order valence-corrected chi connectivity index (χ4v) is 3.36. The second-order valence-electron chi connectivity index (χ2n) is 6.29. The van der Waals surface area contributed by atoms with Crippen LogP contribution in [0.3, 0.4) is 0 Å². The van der Waals surface area contributed by atoms with Crippen molar-refractivity contribution in [2.45, 2.75) is 44.6 Å². The van der Waals surface area contributed by atoms with Crippen molar-refractivity contribution >= 4 is 24.1 Å². The Morgan fingerprint density at radius 2 is 1.87 bits per heavy atom. The molecule has 0 atom stereocenters. The lowest BCUT2D eigenvalue weighted by atomic mass is 9.95. The molecule has 6 nitrogen and oxygen atoms in total. The van der Waals surface area contributed by atoms with E-state index in [9.17, 15) is 4.79 Å². The van der Waals surface area contributed by atoms with E-state index in [1.807, 2.05) is 12.4 Å². The molecule has 2 saturated heterocycles. The zero-order chi connectivity index (χ0) is 15.4. The third kappa shape index (κ3) is 4.78. The Morgan fingerprint density at radius 1 is 1.17 bits per heavy atom. The molecule has 0 unspecified atom stereocenters. The first-order chi connectivity index (χ1) is 10.7. The highest BCUT2D eigenvalue weighted by molar-refractivity contribution is 5.85. The molecule has 0 spiro atoms. The number of hydrogen-bond donors (Lipinski definition) is 2. The molecule has 0 radical (unpaired) electrons. The van der Waals surface area contributed by atoms with Crippen LogP contribution in [0, 0.1) is 0 Å². The lowest BCUT2D eigenvalue weighted by molar-refractivity contribution is -0.119. The molecule has 0 saturated carbocycles. The Balaban J connectivity index is 0.00000192. The Bertz CT molecular complexity index is 496. The highest BCUT2D eigenvalue weighted by Crippen LogP contribution is 2.24. The molecule has 2 aliphatic heterocycles. The summed E-state index contributed by atoms with van der Waals surface area (Å²) in [6.45, 7) is 5.57. The highest BCUT2D eigenvalue weighted by Gasteiger charge is 2.22. The molecule has 1 aromatic heterocycles. The first kappa shape index (κ1) is 17.9. The summed E-state index contributed by atoms with van der Waals surface area (Å²) in [6, 6.07) is 0.302. The molecule has 0 aliphatic carbocycles. The predicted molar refractivity (Wildman–Crippen MR) is 93.2 cm³/mol. The van der Waals surface area contributed by atoms with Crippen LogP contribution in [-0.2, 0) is 4.79 Å². The van der Waals surface area contributed by atoms with Crippen LogP contribution in [0.5, 0.6) is 0 Å². The van der Waals surface area contributed by atoms with Crippen molar-refractivity contribution in [1.82, 2.24) is 20.6 Å². The van der Waals surface area contributed by atoms with Crippen LogP contribution >= 0.6 is 12.4 Å². The zero-order valence-electron chi connectivity index (χ0n) is 13.6. The van der Waals surface area contributed by atoms with Crippen LogP contribution in [0.1, 0.15) is 44.2 Å². The molecule has 1 amide bonds. The minimum Gasteiger partial charge on any atom is -0.355 e. The predicted octanol–water partition coefficient (Wildman–Crippen LogP) is 1.47. The summed E-state index contributed by atoms with van der Waals surface area (Å²) in [6.07, 6.45) is 8.10. The van der Waals surface area contributed by atoms with Crippen molar-refractivity contribution in [1.29, 1.82) is 0 Å². The molecule has 3 heterocycles. The van der Waals surface area contributed by atoms with Gasteiger partial charge in [-0.1, -0.05) is 0 Å². The van der Waals surface area contributed by atoms with Gasteiger partial charge in [0, 0.05) is 32.0 Å². The van der Waals surface area contributed by atoms with Gasteiger partial charge in [0.05, 0.1) is 18.1 Å². The number of nitrogens with one attached hydrogen (secondary N) is 2. The van der Waals surface area contributed by atoms with Gasteiger partial charge in [-0.2, -0.15) is 0 Å². The first-order valence-electron chi connectivity index (χ1n) is 8.27. The molecule has 0 bridgehead atoms. The smallest absolute Gasteiger partial charge is 0.217 e. The number of aromatic nitrogens is 2. The van der Waals surface area contributed by atoms with Gasteiger partial charge in [0.25, 0.3) is 0 Å². The van der Waals surface area contributed by atoms with Gasteiger partial charge in [-0.25, -0.2) is 4.98 Å². The van der Waals surface area contributed by atoms with Crippen LogP contribution < -0.4 is 15.5 Å². The zero-order valence-corrected chi connectivity index (χ0v) is 14.4.